The summed E-state index contributed by atoms with van der Waals surface area (Å²) in [7, 11) is 0. The van der Waals surface area contributed by atoms with Gasteiger partial charge in [0.2, 0.25) is 11.8 Å². The van der Waals surface area contributed by atoms with Crippen LogP contribution in [0.2, 0.25) is 0 Å². The van der Waals surface area contributed by atoms with Crippen LogP contribution in [0.1, 0.15) is 37.1 Å². The van der Waals surface area contributed by atoms with Crippen LogP contribution in [-0.4, -0.2) is 47.5 Å². The third-order valence-corrected chi connectivity index (χ3v) is 5.04. The highest BCUT2D eigenvalue weighted by Gasteiger charge is 2.64. The molecule has 3 fully saturated rings. The normalized spacial score (nSPS) is 30.2. The van der Waals surface area contributed by atoms with Crippen molar-refractivity contribution in [2.75, 3.05) is 6.54 Å². The van der Waals surface area contributed by atoms with Crippen molar-refractivity contribution in [2.45, 2.75) is 37.9 Å². The van der Waals surface area contributed by atoms with E-state index in [1.165, 1.54) is 0 Å². The number of urea groups is 1. The first-order chi connectivity index (χ1) is 10.5. The number of hydrogen-bond acceptors (Lipinski definition) is 7. The van der Waals surface area contributed by atoms with Crippen LogP contribution in [0.4, 0.5) is 4.79 Å². The SMILES string of the molecule is NCc1nnc([C@@H]2CC3(CC3)[C@@H]3CN2C(=O)N3OS(=O)O)o1. The number of nitrogens with two attached hydrogens (primary N) is 1. The van der Waals surface area contributed by atoms with Crippen molar-refractivity contribution >= 4 is 17.4 Å². The third kappa shape index (κ3) is 1.96. The second kappa shape index (κ2) is 4.72. The molecule has 1 unspecified atom stereocenters. The minimum Gasteiger partial charge on any atom is -0.422 e. The zero-order valence-corrected chi connectivity index (χ0v) is 12.4. The maximum atomic E-state index is 12.5. The Morgan fingerprint density at radius 2 is 2.27 bits per heavy atom. The van der Waals surface area contributed by atoms with Gasteiger partial charge in [-0.05, 0) is 24.7 Å². The van der Waals surface area contributed by atoms with Crippen molar-refractivity contribution in [1.82, 2.24) is 20.2 Å². The molecule has 3 aliphatic rings. The van der Waals surface area contributed by atoms with E-state index in [1.54, 1.807) is 4.90 Å². The number of fused-ring (bicyclic) bond motifs is 3. The lowest BCUT2D eigenvalue weighted by Gasteiger charge is -2.34. The molecule has 3 N–H and O–H groups in total. The van der Waals surface area contributed by atoms with Gasteiger partial charge >= 0.3 is 17.4 Å². The van der Waals surface area contributed by atoms with E-state index < -0.39 is 17.4 Å². The average molecular weight is 329 g/mol. The smallest absolute Gasteiger partial charge is 0.346 e. The van der Waals surface area contributed by atoms with Crippen LogP contribution in [0.5, 0.6) is 0 Å². The monoisotopic (exact) mass is 329 g/mol. The van der Waals surface area contributed by atoms with Gasteiger partial charge in [-0.25, -0.2) is 4.79 Å². The van der Waals surface area contributed by atoms with Gasteiger partial charge in [-0.3, -0.25) is 4.55 Å². The van der Waals surface area contributed by atoms with Gasteiger partial charge in [-0.2, -0.15) is 9.27 Å². The van der Waals surface area contributed by atoms with Gasteiger partial charge in [-0.1, -0.05) is 0 Å². The summed E-state index contributed by atoms with van der Waals surface area (Å²) in [4.78, 5) is 14.0. The Morgan fingerprint density at radius 1 is 1.50 bits per heavy atom. The first kappa shape index (κ1) is 14.1. The summed E-state index contributed by atoms with van der Waals surface area (Å²) >= 11 is -2.53. The van der Waals surface area contributed by atoms with Crippen molar-refractivity contribution in [1.29, 1.82) is 0 Å². The minimum atomic E-state index is -2.53. The van der Waals surface area contributed by atoms with Gasteiger partial charge < -0.3 is 15.1 Å². The highest BCUT2D eigenvalue weighted by atomic mass is 32.2. The largest absolute Gasteiger partial charge is 0.422 e. The number of hydroxylamine groups is 2. The molecule has 1 aliphatic carbocycles. The van der Waals surface area contributed by atoms with E-state index in [-0.39, 0.29) is 24.0 Å². The molecule has 2 bridgehead atoms. The van der Waals surface area contributed by atoms with E-state index in [9.17, 15) is 9.00 Å². The van der Waals surface area contributed by atoms with Crippen molar-refractivity contribution in [2.24, 2.45) is 11.1 Å². The average Bonchev–Trinajstić information content (AvgIpc) is 2.99. The topological polar surface area (TPSA) is 135 Å². The van der Waals surface area contributed by atoms with Crippen LogP contribution in [0.3, 0.4) is 0 Å². The summed E-state index contributed by atoms with van der Waals surface area (Å²) in [5.74, 6) is 0.670. The van der Waals surface area contributed by atoms with E-state index >= 15 is 0 Å². The molecule has 10 nitrogen and oxygen atoms in total. The lowest BCUT2D eigenvalue weighted by atomic mass is 9.85. The lowest BCUT2D eigenvalue weighted by molar-refractivity contribution is -0.0456. The molecule has 2 amide bonds. The van der Waals surface area contributed by atoms with Crippen LogP contribution < -0.4 is 5.73 Å². The quantitative estimate of drug-likeness (QED) is 0.733. The molecule has 1 spiro atoms. The molecule has 22 heavy (non-hydrogen) atoms. The van der Waals surface area contributed by atoms with E-state index in [4.69, 9.17) is 19.0 Å². The lowest BCUT2D eigenvalue weighted by Crippen LogP contribution is -2.42. The molecule has 11 heteroatoms. The van der Waals surface area contributed by atoms with Crippen molar-refractivity contribution in [3.8, 4) is 0 Å². The Morgan fingerprint density at radius 3 is 2.86 bits per heavy atom. The Bertz CT molecular complexity index is 647. The van der Waals surface area contributed by atoms with E-state index in [2.05, 4.69) is 10.2 Å². The number of amides is 2. The molecule has 2 saturated heterocycles. The summed E-state index contributed by atoms with van der Waals surface area (Å²) in [6.45, 7) is 0.557. The molecule has 120 valence electrons. The Balaban J connectivity index is 1.66. The maximum absolute atomic E-state index is 12.5. The Labute approximate surface area is 128 Å². The number of aromatic nitrogens is 2. The maximum Gasteiger partial charge on any atom is 0.346 e. The van der Waals surface area contributed by atoms with Gasteiger partial charge in [0.25, 0.3) is 0 Å². The van der Waals surface area contributed by atoms with E-state index in [0.29, 0.717) is 24.7 Å². The number of carbonyl (C=O) groups excluding carboxylic acids is 1. The highest BCUT2D eigenvalue weighted by Crippen LogP contribution is 2.61. The second-order valence-electron chi connectivity index (χ2n) is 5.89. The van der Waals surface area contributed by atoms with Gasteiger partial charge in [0, 0.05) is 6.54 Å². The fraction of sp³-hybridized carbons (Fsp3) is 0.727. The third-order valence-electron chi connectivity index (χ3n) is 4.75. The summed E-state index contributed by atoms with van der Waals surface area (Å²) < 4.78 is 30.2. The van der Waals surface area contributed by atoms with Gasteiger partial charge in [0.15, 0.2) is 0 Å². The number of rotatable bonds is 4. The Kier molecular flexibility index (Phi) is 3.01. The minimum absolute atomic E-state index is 0.107. The van der Waals surface area contributed by atoms with Crippen LogP contribution in [0.15, 0.2) is 4.42 Å². The standard InChI is InChI=1S/C11H15N5O5S/c12-4-8-13-14-9(20-8)6-3-11(1-2-11)7-5-15(6)10(17)16(7)21-22(18)19/h6-7H,1-5,12H2,(H,18,19)/t6-,7-/m0/s1. The first-order valence-corrected chi connectivity index (χ1v) is 7.99. The summed E-state index contributed by atoms with van der Waals surface area (Å²) in [6.07, 6.45) is 2.55. The molecular weight excluding hydrogens is 314 g/mol. The molecule has 3 heterocycles. The van der Waals surface area contributed by atoms with E-state index in [1.807, 2.05) is 0 Å². The van der Waals surface area contributed by atoms with Crippen LogP contribution in [0.25, 0.3) is 0 Å². The fourth-order valence-corrected chi connectivity index (χ4v) is 3.79. The number of piperidine rings is 1. The summed E-state index contributed by atoms with van der Waals surface area (Å²) in [5, 5.41) is 8.85. The number of nitrogens with zero attached hydrogens (tertiary/aromatic N) is 4. The molecule has 1 aromatic rings. The molecule has 1 aromatic heterocycles. The van der Waals surface area contributed by atoms with Gasteiger partial charge in [-0.15, -0.1) is 14.5 Å². The van der Waals surface area contributed by atoms with Crippen LogP contribution in [-0.2, 0) is 22.2 Å². The van der Waals surface area contributed by atoms with Gasteiger partial charge in [0.1, 0.15) is 6.04 Å². The van der Waals surface area contributed by atoms with Crippen LogP contribution >= 0.6 is 0 Å². The van der Waals surface area contributed by atoms with Crippen molar-refractivity contribution in [3.63, 3.8) is 0 Å². The molecule has 3 atom stereocenters. The number of carbonyl (C=O) groups is 1. The first-order valence-electron chi connectivity index (χ1n) is 6.95. The molecule has 1 saturated carbocycles. The summed E-state index contributed by atoms with van der Waals surface area (Å²) in [6, 6.07) is -1.02. The fourth-order valence-electron chi connectivity index (χ4n) is 3.49. The highest BCUT2D eigenvalue weighted by molar-refractivity contribution is 7.74. The predicted octanol–water partition coefficient (Wildman–Crippen LogP) is -0.0722. The Hall–Kier alpha value is -1.56. The molecule has 0 radical (unpaired) electrons. The van der Waals surface area contributed by atoms with Crippen LogP contribution in [0, 0.1) is 5.41 Å². The molecule has 0 aromatic carbocycles. The van der Waals surface area contributed by atoms with Gasteiger partial charge in [0.05, 0.1) is 12.6 Å². The van der Waals surface area contributed by atoms with Crippen molar-refractivity contribution in [3.05, 3.63) is 11.8 Å². The predicted molar refractivity (Wildman–Crippen MR) is 70.8 cm³/mol. The molecule has 4 rings (SSSR count). The summed E-state index contributed by atoms with van der Waals surface area (Å²) in [5.41, 5.74) is 5.36. The van der Waals surface area contributed by atoms with Crippen molar-refractivity contribution < 1.29 is 22.3 Å². The molecular formula is C11H15N5O5S. The zero-order chi connectivity index (χ0) is 15.5. The molecule has 2 aliphatic heterocycles. The number of hydrogen-bond donors (Lipinski definition) is 2. The van der Waals surface area contributed by atoms with E-state index in [0.717, 1.165) is 17.9 Å². The second-order valence-corrected chi connectivity index (χ2v) is 6.47. The zero-order valence-electron chi connectivity index (χ0n) is 11.5.